The molecular weight excluding hydrogens is 438 g/mol. The summed E-state index contributed by atoms with van der Waals surface area (Å²) in [6.45, 7) is 9.24. The average Bonchev–Trinajstić information content (AvgIpc) is 3.43. The molecule has 180 valence electrons. The van der Waals surface area contributed by atoms with Gasteiger partial charge in [-0.2, -0.15) is 9.78 Å². The van der Waals surface area contributed by atoms with Gasteiger partial charge in [-0.05, 0) is 40.7 Å². The predicted octanol–water partition coefficient (Wildman–Crippen LogP) is 1.42. The first-order valence-corrected chi connectivity index (χ1v) is 11.2. The first-order chi connectivity index (χ1) is 16.4. The fourth-order valence-corrected chi connectivity index (χ4v) is 3.70. The minimum absolute atomic E-state index is 0.0508. The number of nitrogen functional groups attached to an aromatic ring is 1. The van der Waals surface area contributed by atoms with Gasteiger partial charge in [0.1, 0.15) is 0 Å². The maximum absolute atomic E-state index is 13.0. The predicted molar refractivity (Wildman–Crippen MR) is 124 cm³/mol. The zero-order chi connectivity index (χ0) is 24.1. The largest absolute Gasteiger partial charge is 0.379 e. The zero-order valence-electron chi connectivity index (χ0n) is 19.6. The van der Waals surface area contributed by atoms with Gasteiger partial charge in [-0.25, -0.2) is 10.1 Å². The van der Waals surface area contributed by atoms with Gasteiger partial charge in [0.25, 0.3) is 5.91 Å². The molecule has 1 aliphatic rings. The maximum Gasteiger partial charge on any atom is 0.293 e. The van der Waals surface area contributed by atoms with Crippen molar-refractivity contribution in [2.75, 3.05) is 32.0 Å². The Labute approximate surface area is 197 Å². The fraction of sp³-hybridized carbons (Fsp3) is 0.455. The van der Waals surface area contributed by atoms with Crippen LogP contribution in [0.25, 0.3) is 5.82 Å². The van der Waals surface area contributed by atoms with Gasteiger partial charge >= 0.3 is 0 Å². The van der Waals surface area contributed by atoms with Crippen molar-refractivity contribution in [1.29, 1.82) is 0 Å². The summed E-state index contributed by atoms with van der Waals surface area (Å²) in [7, 11) is 0. The Hall–Kier alpha value is -3.64. The lowest BCUT2D eigenvalue weighted by Crippen LogP contribution is -2.37. The van der Waals surface area contributed by atoms with Crippen molar-refractivity contribution in [1.82, 2.24) is 35.6 Å². The minimum atomic E-state index is -0.486. The summed E-state index contributed by atoms with van der Waals surface area (Å²) >= 11 is 0. The summed E-state index contributed by atoms with van der Waals surface area (Å²) in [5, 5.41) is 19.8. The molecule has 12 heteroatoms. The van der Waals surface area contributed by atoms with Crippen molar-refractivity contribution in [3.63, 3.8) is 0 Å². The van der Waals surface area contributed by atoms with Gasteiger partial charge < -0.3 is 10.5 Å². The number of nitrogens with zero attached hydrogens (tertiary/aromatic N) is 7. The minimum Gasteiger partial charge on any atom is -0.379 e. The molecule has 1 aromatic carbocycles. The van der Waals surface area contributed by atoms with Crippen LogP contribution in [0, 0.1) is 5.92 Å². The lowest BCUT2D eigenvalue weighted by molar-refractivity contribution is 0.0332. The van der Waals surface area contributed by atoms with Gasteiger partial charge in [0, 0.05) is 19.6 Å². The number of hydrogen-bond acceptors (Lipinski definition) is 10. The smallest absolute Gasteiger partial charge is 0.293 e. The van der Waals surface area contributed by atoms with Crippen molar-refractivity contribution in [2.45, 2.75) is 33.7 Å². The highest BCUT2D eigenvalue weighted by Gasteiger charge is 2.26. The monoisotopic (exact) mass is 467 g/mol. The molecule has 1 amide bonds. The number of anilines is 1. The van der Waals surface area contributed by atoms with Crippen molar-refractivity contribution in [2.24, 2.45) is 11.0 Å². The Balaban J connectivity index is 1.54. The van der Waals surface area contributed by atoms with Crippen LogP contribution in [-0.4, -0.2) is 68.1 Å². The number of nitrogens with two attached hydrogens (primary N) is 1. The van der Waals surface area contributed by atoms with E-state index in [0.717, 1.165) is 12.0 Å². The van der Waals surface area contributed by atoms with Gasteiger partial charge in [-0.3, -0.25) is 9.69 Å². The Kier molecular flexibility index (Phi) is 7.28. The molecule has 0 aliphatic carbocycles. The van der Waals surface area contributed by atoms with E-state index in [1.165, 1.54) is 10.2 Å². The van der Waals surface area contributed by atoms with Crippen molar-refractivity contribution in [3.05, 3.63) is 46.8 Å². The summed E-state index contributed by atoms with van der Waals surface area (Å²) < 4.78 is 11.5. The number of aromatic nitrogens is 5. The molecule has 12 nitrogen and oxygen atoms in total. The fourth-order valence-electron chi connectivity index (χ4n) is 3.70. The van der Waals surface area contributed by atoms with Crippen molar-refractivity contribution >= 4 is 17.4 Å². The van der Waals surface area contributed by atoms with E-state index < -0.39 is 5.91 Å². The topological polar surface area (TPSA) is 150 Å². The summed E-state index contributed by atoms with van der Waals surface area (Å²) in [5.41, 5.74) is 11.9. The SMILES string of the molecule is C/C(=N\NC(=O)c1nnn(-c2nonc2N)c1CN1CCOCC1)c1ccc(CC(C)C)cc1. The molecule has 3 aromatic rings. The molecule has 1 saturated heterocycles. The first-order valence-electron chi connectivity index (χ1n) is 11.2. The number of hydrogen-bond donors (Lipinski definition) is 2. The second kappa shape index (κ2) is 10.5. The van der Waals surface area contributed by atoms with Crippen LogP contribution in [0.15, 0.2) is 34.0 Å². The van der Waals surface area contributed by atoms with Gasteiger partial charge in [0.2, 0.25) is 11.6 Å². The molecule has 1 aliphatic heterocycles. The highest BCUT2D eigenvalue weighted by molar-refractivity contribution is 6.00. The van der Waals surface area contributed by atoms with Crippen LogP contribution in [0.1, 0.15) is 48.1 Å². The Morgan fingerprint density at radius 3 is 2.59 bits per heavy atom. The molecule has 0 unspecified atom stereocenters. The quantitative estimate of drug-likeness (QED) is 0.370. The maximum atomic E-state index is 13.0. The van der Waals surface area contributed by atoms with Gasteiger partial charge in [0.15, 0.2) is 5.69 Å². The molecule has 0 bridgehead atoms. The van der Waals surface area contributed by atoms with E-state index in [0.29, 0.717) is 50.2 Å². The average molecular weight is 468 g/mol. The molecule has 3 heterocycles. The molecule has 1 fully saturated rings. The molecular formula is C22H29N9O3. The van der Waals surface area contributed by atoms with Crippen LogP contribution in [0.4, 0.5) is 5.82 Å². The lowest BCUT2D eigenvalue weighted by atomic mass is 10.0. The molecule has 0 spiro atoms. The molecule has 0 radical (unpaired) electrons. The Morgan fingerprint density at radius 1 is 1.21 bits per heavy atom. The van der Waals surface area contributed by atoms with E-state index in [1.807, 2.05) is 19.1 Å². The van der Waals surface area contributed by atoms with Gasteiger partial charge in [0.05, 0.1) is 24.6 Å². The van der Waals surface area contributed by atoms with E-state index >= 15 is 0 Å². The van der Waals surface area contributed by atoms with Crippen LogP contribution in [-0.2, 0) is 17.7 Å². The number of carbonyl (C=O) groups excluding carboxylic acids is 1. The van der Waals surface area contributed by atoms with E-state index in [-0.39, 0.29) is 17.3 Å². The number of benzene rings is 1. The molecule has 3 N–H and O–H groups in total. The highest BCUT2D eigenvalue weighted by Crippen LogP contribution is 2.18. The Morgan fingerprint density at radius 2 is 1.94 bits per heavy atom. The molecule has 0 atom stereocenters. The molecule has 34 heavy (non-hydrogen) atoms. The third kappa shape index (κ3) is 5.46. The Bertz CT molecular complexity index is 1140. The third-order valence-electron chi connectivity index (χ3n) is 5.49. The normalized spacial score (nSPS) is 15.1. The number of hydrazone groups is 1. The van der Waals surface area contributed by atoms with E-state index in [4.69, 9.17) is 15.1 Å². The number of nitrogens with one attached hydrogen (secondary N) is 1. The van der Waals surface area contributed by atoms with Crippen molar-refractivity contribution < 1.29 is 14.2 Å². The second-order valence-electron chi connectivity index (χ2n) is 8.59. The highest BCUT2D eigenvalue weighted by atomic mass is 16.6. The third-order valence-corrected chi connectivity index (χ3v) is 5.49. The summed E-state index contributed by atoms with van der Waals surface area (Å²) in [6, 6.07) is 8.17. The zero-order valence-corrected chi connectivity index (χ0v) is 19.6. The van der Waals surface area contributed by atoms with E-state index in [9.17, 15) is 4.79 Å². The standard InChI is InChI=1S/C22H29N9O3/c1-14(2)12-16-4-6-17(7-5-16)15(3)24-26-22(32)19-18(13-30-8-10-33-11-9-30)31(29-25-19)21-20(23)27-34-28-21/h4-7,14H,8-13H2,1-3H3,(H2,23,27)(H,26,32)/b24-15+. The van der Waals surface area contributed by atoms with Crippen LogP contribution < -0.4 is 11.2 Å². The number of morpholine rings is 1. The molecule has 2 aromatic heterocycles. The number of ether oxygens (including phenoxy) is 1. The van der Waals surface area contributed by atoms with Crippen LogP contribution in [0.2, 0.25) is 0 Å². The summed E-state index contributed by atoms with van der Waals surface area (Å²) in [4.78, 5) is 15.1. The van der Waals surface area contributed by atoms with Crippen LogP contribution in [0.3, 0.4) is 0 Å². The van der Waals surface area contributed by atoms with E-state index in [2.05, 4.69) is 62.0 Å². The number of carbonyl (C=O) groups is 1. The van der Waals surface area contributed by atoms with Crippen LogP contribution in [0.5, 0.6) is 0 Å². The van der Waals surface area contributed by atoms with Gasteiger partial charge in [-0.1, -0.05) is 43.3 Å². The van der Waals surface area contributed by atoms with Crippen LogP contribution >= 0.6 is 0 Å². The van der Waals surface area contributed by atoms with Crippen molar-refractivity contribution in [3.8, 4) is 5.82 Å². The number of amides is 1. The molecule has 0 saturated carbocycles. The summed E-state index contributed by atoms with van der Waals surface area (Å²) in [6.07, 6.45) is 1.01. The summed E-state index contributed by atoms with van der Waals surface area (Å²) in [5.74, 6) is 0.328. The first kappa shape index (κ1) is 23.5. The van der Waals surface area contributed by atoms with E-state index in [1.54, 1.807) is 0 Å². The second-order valence-corrected chi connectivity index (χ2v) is 8.59. The molecule has 4 rings (SSSR count). The lowest BCUT2D eigenvalue weighted by Gasteiger charge is -2.26. The van der Waals surface area contributed by atoms with Gasteiger partial charge in [-0.15, -0.1) is 5.10 Å². The number of rotatable bonds is 8.